The number of guanidine groups is 1. The molecule has 2 N–H and O–H groups in total. The zero-order valence-electron chi connectivity index (χ0n) is 19.1. The Morgan fingerprint density at radius 2 is 2.00 bits per heavy atom. The van der Waals surface area contributed by atoms with Crippen molar-refractivity contribution in [3.63, 3.8) is 0 Å². The number of hydrogen-bond acceptors (Lipinski definition) is 5. The average Bonchev–Trinajstić information content (AvgIpc) is 3.20. The molecule has 170 valence electrons. The van der Waals surface area contributed by atoms with Gasteiger partial charge in [-0.3, -0.25) is 9.89 Å². The summed E-state index contributed by atoms with van der Waals surface area (Å²) in [6.45, 7) is 12.1. The van der Waals surface area contributed by atoms with Crippen LogP contribution in [0.3, 0.4) is 0 Å². The van der Waals surface area contributed by atoms with Gasteiger partial charge in [-0.05, 0) is 37.5 Å². The van der Waals surface area contributed by atoms with Gasteiger partial charge in [-0.1, -0.05) is 42.7 Å². The van der Waals surface area contributed by atoms with Gasteiger partial charge in [-0.15, -0.1) is 0 Å². The standard InChI is InChI=1S/C23H34ClN5O2/c1-16(2)20-12-19(31-28-20)13-26-22(25-5)27-14-21(17-6-8-18(24)9-7-17)29-10-11-30-23(3,4)15-29/h6-9,12,16,21H,10-11,13-15H2,1-5H3,(H2,25,26,27). The first-order valence-electron chi connectivity index (χ1n) is 10.8. The molecule has 0 bridgehead atoms. The van der Waals surface area contributed by atoms with E-state index in [1.807, 2.05) is 18.2 Å². The zero-order valence-corrected chi connectivity index (χ0v) is 19.9. The number of hydrogen-bond donors (Lipinski definition) is 2. The van der Waals surface area contributed by atoms with Crippen LogP contribution in [-0.4, -0.2) is 54.9 Å². The lowest BCUT2D eigenvalue weighted by Gasteiger charge is -2.42. The van der Waals surface area contributed by atoms with E-state index in [0.717, 1.165) is 29.6 Å². The fraction of sp³-hybridized carbons (Fsp3) is 0.565. The molecule has 1 fully saturated rings. The Hall–Kier alpha value is -2.09. The van der Waals surface area contributed by atoms with Crippen LogP contribution in [0.5, 0.6) is 0 Å². The molecule has 8 heteroatoms. The Labute approximate surface area is 190 Å². The highest BCUT2D eigenvalue weighted by Gasteiger charge is 2.32. The Balaban J connectivity index is 1.65. The van der Waals surface area contributed by atoms with Crippen LogP contribution in [0.1, 0.15) is 56.7 Å². The molecule has 1 aliphatic heterocycles. The van der Waals surface area contributed by atoms with Crippen molar-refractivity contribution in [1.82, 2.24) is 20.7 Å². The van der Waals surface area contributed by atoms with Crippen LogP contribution in [0.15, 0.2) is 39.8 Å². The van der Waals surface area contributed by atoms with Crippen molar-refractivity contribution in [1.29, 1.82) is 0 Å². The maximum absolute atomic E-state index is 6.13. The highest BCUT2D eigenvalue weighted by molar-refractivity contribution is 6.30. The third-order valence-electron chi connectivity index (χ3n) is 5.44. The van der Waals surface area contributed by atoms with Crippen LogP contribution in [0.4, 0.5) is 0 Å². The number of morpholine rings is 1. The van der Waals surface area contributed by atoms with Crippen molar-refractivity contribution in [2.24, 2.45) is 4.99 Å². The number of benzene rings is 1. The molecule has 31 heavy (non-hydrogen) atoms. The van der Waals surface area contributed by atoms with E-state index in [-0.39, 0.29) is 11.6 Å². The number of aromatic nitrogens is 1. The van der Waals surface area contributed by atoms with Gasteiger partial charge in [0.25, 0.3) is 0 Å². The third-order valence-corrected chi connectivity index (χ3v) is 5.69. The molecule has 1 aromatic heterocycles. The number of aliphatic imine (C=N–C) groups is 1. The van der Waals surface area contributed by atoms with Crippen LogP contribution < -0.4 is 10.6 Å². The van der Waals surface area contributed by atoms with Gasteiger partial charge in [0.2, 0.25) is 0 Å². The number of rotatable bonds is 7. The molecule has 0 spiro atoms. The van der Waals surface area contributed by atoms with E-state index in [1.165, 1.54) is 5.56 Å². The van der Waals surface area contributed by atoms with Gasteiger partial charge in [0.15, 0.2) is 11.7 Å². The highest BCUT2D eigenvalue weighted by atomic mass is 35.5. The molecule has 7 nitrogen and oxygen atoms in total. The number of halogens is 1. The van der Waals surface area contributed by atoms with E-state index in [4.69, 9.17) is 20.9 Å². The maximum Gasteiger partial charge on any atom is 0.191 e. The maximum atomic E-state index is 6.13. The van der Waals surface area contributed by atoms with Gasteiger partial charge in [0.1, 0.15) is 0 Å². The third kappa shape index (κ3) is 6.69. The number of ether oxygens (including phenoxy) is 1. The van der Waals surface area contributed by atoms with Crippen LogP contribution in [0.25, 0.3) is 0 Å². The molecule has 0 radical (unpaired) electrons. The molecule has 1 saturated heterocycles. The van der Waals surface area contributed by atoms with E-state index in [1.54, 1.807) is 7.05 Å². The normalized spacial score (nSPS) is 18.2. The van der Waals surface area contributed by atoms with Crippen LogP contribution >= 0.6 is 11.6 Å². The molecule has 2 aromatic rings. The summed E-state index contributed by atoms with van der Waals surface area (Å²) in [7, 11) is 1.77. The number of nitrogens with zero attached hydrogens (tertiary/aromatic N) is 3. The molecule has 0 amide bonds. The summed E-state index contributed by atoms with van der Waals surface area (Å²) in [6, 6.07) is 10.2. The van der Waals surface area contributed by atoms with Crippen molar-refractivity contribution in [3.05, 3.63) is 52.4 Å². The summed E-state index contributed by atoms with van der Waals surface area (Å²) in [5.41, 5.74) is 1.99. The lowest BCUT2D eigenvalue weighted by Crippen LogP contribution is -2.52. The van der Waals surface area contributed by atoms with Crippen molar-refractivity contribution in [2.75, 3.05) is 33.3 Å². The molecular formula is C23H34ClN5O2. The van der Waals surface area contributed by atoms with Crippen LogP contribution in [-0.2, 0) is 11.3 Å². The Morgan fingerprint density at radius 1 is 1.26 bits per heavy atom. The van der Waals surface area contributed by atoms with Gasteiger partial charge in [-0.2, -0.15) is 0 Å². The van der Waals surface area contributed by atoms with Crippen molar-refractivity contribution < 1.29 is 9.26 Å². The SMILES string of the molecule is CN=C(NCc1cc(C(C)C)no1)NCC(c1ccc(Cl)cc1)N1CCOC(C)(C)C1. The fourth-order valence-corrected chi connectivity index (χ4v) is 3.86. The van der Waals surface area contributed by atoms with E-state index in [0.29, 0.717) is 31.6 Å². The molecule has 1 atom stereocenters. The zero-order chi connectivity index (χ0) is 22.4. The van der Waals surface area contributed by atoms with Gasteiger partial charge in [-0.25, -0.2) is 0 Å². The predicted octanol–water partition coefficient (Wildman–Crippen LogP) is 3.97. The Bertz CT molecular complexity index is 863. The number of nitrogens with one attached hydrogen (secondary N) is 2. The second kappa shape index (κ2) is 10.5. The van der Waals surface area contributed by atoms with E-state index < -0.39 is 0 Å². The lowest BCUT2D eigenvalue weighted by molar-refractivity contribution is -0.0971. The van der Waals surface area contributed by atoms with E-state index in [2.05, 4.69) is 65.5 Å². The highest BCUT2D eigenvalue weighted by Crippen LogP contribution is 2.27. The second-order valence-electron chi connectivity index (χ2n) is 8.83. The molecule has 1 unspecified atom stereocenters. The van der Waals surface area contributed by atoms with E-state index in [9.17, 15) is 0 Å². The smallest absolute Gasteiger partial charge is 0.191 e. The molecule has 2 heterocycles. The van der Waals surface area contributed by atoms with Gasteiger partial charge in [0, 0.05) is 37.8 Å². The molecule has 1 aliphatic rings. The summed E-state index contributed by atoms with van der Waals surface area (Å²) in [4.78, 5) is 6.82. The minimum atomic E-state index is -0.177. The summed E-state index contributed by atoms with van der Waals surface area (Å²) in [5, 5.41) is 11.6. The Kier molecular flexibility index (Phi) is 7.97. The molecular weight excluding hydrogens is 414 g/mol. The minimum absolute atomic E-state index is 0.164. The topological polar surface area (TPSA) is 74.9 Å². The van der Waals surface area contributed by atoms with Gasteiger partial charge >= 0.3 is 0 Å². The average molecular weight is 448 g/mol. The lowest BCUT2D eigenvalue weighted by atomic mass is 10.0. The molecule has 3 rings (SSSR count). The first-order chi connectivity index (χ1) is 14.8. The summed E-state index contributed by atoms with van der Waals surface area (Å²) in [5.74, 6) is 1.85. The van der Waals surface area contributed by atoms with Crippen molar-refractivity contribution in [2.45, 2.75) is 51.8 Å². The van der Waals surface area contributed by atoms with Gasteiger partial charge in [0.05, 0.1) is 30.5 Å². The summed E-state index contributed by atoms with van der Waals surface area (Å²) < 4.78 is 11.3. The monoisotopic (exact) mass is 447 g/mol. The fourth-order valence-electron chi connectivity index (χ4n) is 3.73. The van der Waals surface area contributed by atoms with Crippen molar-refractivity contribution in [3.8, 4) is 0 Å². The van der Waals surface area contributed by atoms with Gasteiger partial charge < -0.3 is 19.9 Å². The first-order valence-corrected chi connectivity index (χ1v) is 11.2. The molecule has 1 aromatic carbocycles. The van der Waals surface area contributed by atoms with Crippen molar-refractivity contribution >= 4 is 17.6 Å². The summed E-state index contributed by atoms with van der Waals surface area (Å²) in [6.07, 6.45) is 0. The quantitative estimate of drug-likeness (QED) is 0.494. The Morgan fingerprint density at radius 3 is 2.61 bits per heavy atom. The minimum Gasteiger partial charge on any atom is -0.373 e. The predicted molar refractivity (Wildman–Crippen MR) is 125 cm³/mol. The van der Waals surface area contributed by atoms with Crippen LogP contribution in [0.2, 0.25) is 5.02 Å². The van der Waals surface area contributed by atoms with Crippen LogP contribution in [0, 0.1) is 0 Å². The first kappa shape index (κ1) is 23.6. The second-order valence-corrected chi connectivity index (χ2v) is 9.26. The summed E-state index contributed by atoms with van der Waals surface area (Å²) >= 11 is 6.13. The van der Waals surface area contributed by atoms with E-state index >= 15 is 0 Å². The molecule has 0 saturated carbocycles. The molecule has 0 aliphatic carbocycles. The largest absolute Gasteiger partial charge is 0.373 e.